The lowest BCUT2D eigenvalue weighted by Crippen LogP contribution is -2.53. The largest absolute Gasteiger partial charge is 0.336 e. The molecule has 0 radical (unpaired) electrons. The molecule has 0 aromatic carbocycles. The second-order valence-electron chi connectivity index (χ2n) is 7.37. The van der Waals surface area contributed by atoms with Crippen molar-refractivity contribution in [3.8, 4) is 10.4 Å². The second-order valence-corrected chi connectivity index (χ2v) is 8.31. The topological polar surface area (TPSA) is 54.3 Å². The molecule has 4 heterocycles. The number of carbonyl (C=O) groups excluding carboxylic acids is 1. The fourth-order valence-corrected chi connectivity index (χ4v) is 4.92. The molecular formula is C19H23N3O2S. The van der Waals surface area contributed by atoms with Crippen LogP contribution in [-0.2, 0) is 6.54 Å². The zero-order valence-corrected chi connectivity index (χ0v) is 15.4. The molecule has 25 heavy (non-hydrogen) atoms. The Hall–Kier alpha value is -2.08. The molecule has 0 unspecified atom stereocenters. The molecule has 0 aliphatic carbocycles. The van der Waals surface area contributed by atoms with E-state index in [9.17, 15) is 9.59 Å². The number of pyridine rings is 1. The van der Waals surface area contributed by atoms with Gasteiger partial charge in [0.1, 0.15) is 0 Å². The second kappa shape index (κ2) is 6.33. The van der Waals surface area contributed by atoms with Gasteiger partial charge in [0, 0.05) is 53.8 Å². The monoisotopic (exact) mass is 357 g/mol. The fraction of sp³-hybridized carbons (Fsp3) is 0.474. The van der Waals surface area contributed by atoms with E-state index in [1.54, 1.807) is 17.4 Å². The number of likely N-dealkylation sites (tertiary alicyclic amines) is 1. The van der Waals surface area contributed by atoms with Gasteiger partial charge in [-0.2, -0.15) is 0 Å². The van der Waals surface area contributed by atoms with Gasteiger partial charge in [-0.25, -0.2) is 4.79 Å². The molecule has 0 spiro atoms. The number of thiophene rings is 1. The molecule has 2 aliphatic heterocycles. The van der Waals surface area contributed by atoms with Crippen LogP contribution in [0, 0.1) is 5.92 Å². The fourth-order valence-electron chi connectivity index (χ4n) is 4.16. The van der Waals surface area contributed by atoms with Gasteiger partial charge in [-0.1, -0.05) is 6.07 Å². The van der Waals surface area contributed by atoms with E-state index in [4.69, 9.17) is 0 Å². The van der Waals surface area contributed by atoms with Crippen LogP contribution in [0.4, 0.5) is 4.79 Å². The highest BCUT2D eigenvalue weighted by Crippen LogP contribution is 2.40. The molecule has 6 heteroatoms. The van der Waals surface area contributed by atoms with Gasteiger partial charge in [-0.05, 0) is 43.7 Å². The summed E-state index contributed by atoms with van der Waals surface area (Å²) in [5.41, 5.74) is 2.32. The van der Waals surface area contributed by atoms with Gasteiger partial charge < -0.3 is 14.8 Å². The van der Waals surface area contributed by atoms with E-state index in [1.807, 2.05) is 35.4 Å². The zero-order chi connectivity index (χ0) is 17.6. The van der Waals surface area contributed by atoms with Crippen molar-refractivity contribution in [2.45, 2.75) is 38.8 Å². The van der Waals surface area contributed by atoms with E-state index >= 15 is 0 Å². The molecule has 2 bridgehead atoms. The number of nitrogens with one attached hydrogen (secondary N) is 1. The lowest BCUT2D eigenvalue weighted by Gasteiger charge is -2.43. The first kappa shape index (κ1) is 16.4. The molecule has 1 fully saturated rings. The van der Waals surface area contributed by atoms with Crippen molar-refractivity contribution in [3.05, 3.63) is 45.7 Å². The van der Waals surface area contributed by atoms with Crippen LogP contribution in [0.2, 0.25) is 0 Å². The molecule has 2 atom stereocenters. The summed E-state index contributed by atoms with van der Waals surface area (Å²) in [6, 6.07) is 7.91. The maximum atomic E-state index is 12.5. The molecule has 1 N–H and O–H groups in total. The molecule has 1 saturated heterocycles. The van der Waals surface area contributed by atoms with E-state index in [2.05, 4.69) is 16.8 Å². The normalized spacial score (nSPS) is 22.0. The third-order valence-corrected chi connectivity index (χ3v) is 5.98. The van der Waals surface area contributed by atoms with Crippen molar-refractivity contribution in [1.82, 2.24) is 14.8 Å². The third-order valence-electron chi connectivity index (χ3n) is 5.08. The Kier molecular flexibility index (Phi) is 4.15. The number of amides is 2. The number of hydrogen-bond acceptors (Lipinski definition) is 3. The van der Waals surface area contributed by atoms with Crippen molar-refractivity contribution in [2.75, 3.05) is 13.1 Å². The van der Waals surface area contributed by atoms with Gasteiger partial charge >= 0.3 is 6.03 Å². The first-order valence-corrected chi connectivity index (χ1v) is 9.74. The van der Waals surface area contributed by atoms with Crippen molar-refractivity contribution < 1.29 is 4.79 Å². The van der Waals surface area contributed by atoms with Crippen LogP contribution in [-0.4, -0.2) is 34.6 Å². The highest BCUT2D eigenvalue weighted by atomic mass is 32.1. The van der Waals surface area contributed by atoms with E-state index in [0.29, 0.717) is 19.0 Å². The van der Waals surface area contributed by atoms with E-state index in [-0.39, 0.29) is 23.6 Å². The molecule has 4 rings (SSSR count). The molecule has 132 valence electrons. The molecule has 2 aromatic heterocycles. The Bertz CT molecular complexity index is 841. The number of aromatic nitrogens is 1. The number of hydrogen-bond donors (Lipinski definition) is 1. The zero-order valence-electron chi connectivity index (χ0n) is 14.6. The number of rotatable bonds is 2. The van der Waals surface area contributed by atoms with E-state index in [0.717, 1.165) is 24.2 Å². The first-order chi connectivity index (χ1) is 12.0. The van der Waals surface area contributed by atoms with Crippen LogP contribution < -0.4 is 10.9 Å². The van der Waals surface area contributed by atoms with Gasteiger partial charge in [0.05, 0.1) is 0 Å². The number of urea groups is 1. The summed E-state index contributed by atoms with van der Waals surface area (Å²) in [4.78, 5) is 28.0. The Morgan fingerprint density at radius 2 is 2.08 bits per heavy atom. The molecule has 2 aromatic rings. The summed E-state index contributed by atoms with van der Waals surface area (Å²) in [5.74, 6) is 0.567. The Labute approximate surface area is 151 Å². The Morgan fingerprint density at radius 1 is 1.24 bits per heavy atom. The highest BCUT2D eigenvalue weighted by molar-refractivity contribution is 7.13. The maximum absolute atomic E-state index is 12.5. The Morgan fingerprint density at radius 3 is 2.80 bits per heavy atom. The standard InChI is InChI=1S/C19H23N3O2S/c1-12(2)20-19(24)21-9-13-8-14(11-21)18-15(16-4-3-7-25-16)5-6-17(23)22(18)10-13/h3-7,12-14H,8-11H2,1-2H3,(H,20,24)/t13-,14+/m0/s1. The van der Waals surface area contributed by atoms with E-state index < -0.39 is 0 Å². The van der Waals surface area contributed by atoms with Gasteiger partial charge in [-0.3, -0.25) is 4.79 Å². The average Bonchev–Trinajstić information content (AvgIpc) is 3.09. The maximum Gasteiger partial charge on any atom is 0.317 e. The summed E-state index contributed by atoms with van der Waals surface area (Å²) in [6.07, 6.45) is 1.05. The summed E-state index contributed by atoms with van der Waals surface area (Å²) in [6.45, 7) is 6.06. The molecular weight excluding hydrogens is 334 g/mol. The van der Waals surface area contributed by atoms with Crippen LogP contribution in [0.15, 0.2) is 34.4 Å². The number of carbonyl (C=O) groups is 1. The first-order valence-electron chi connectivity index (χ1n) is 8.86. The molecule has 2 amide bonds. The average molecular weight is 357 g/mol. The molecule has 0 saturated carbocycles. The number of piperidine rings is 1. The summed E-state index contributed by atoms with van der Waals surface area (Å²) in [5, 5.41) is 5.06. The SMILES string of the molecule is CC(C)NC(=O)N1C[C@@H]2C[C@H](C1)c1c(-c3cccs3)ccc(=O)n1C2. The summed E-state index contributed by atoms with van der Waals surface area (Å²) >= 11 is 1.69. The van der Waals surface area contributed by atoms with Crippen LogP contribution in [0.25, 0.3) is 10.4 Å². The van der Waals surface area contributed by atoms with Gasteiger partial charge in [-0.15, -0.1) is 11.3 Å². The molecule has 5 nitrogen and oxygen atoms in total. The number of fused-ring (bicyclic) bond motifs is 4. The number of nitrogens with zero attached hydrogens (tertiary/aromatic N) is 2. The van der Waals surface area contributed by atoms with Crippen LogP contribution in [0.5, 0.6) is 0 Å². The van der Waals surface area contributed by atoms with Gasteiger partial charge in [0.25, 0.3) is 5.56 Å². The summed E-state index contributed by atoms with van der Waals surface area (Å²) < 4.78 is 1.95. The van der Waals surface area contributed by atoms with Crippen LogP contribution in [0.1, 0.15) is 31.9 Å². The smallest absolute Gasteiger partial charge is 0.317 e. The lowest BCUT2D eigenvalue weighted by atomic mass is 9.81. The minimum atomic E-state index is 0.00843. The third kappa shape index (κ3) is 2.99. The predicted octanol–water partition coefficient (Wildman–Crippen LogP) is 3.11. The quantitative estimate of drug-likeness (QED) is 0.898. The Balaban J connectivity index is 1.72. The van der Waals surface area contributed by atoms with Crippen LogP contribution in [0.3, 0.4) is 0 Å². The predicted molar refractivity (Wildman–Crippen MR) is 100 cm³/mol. The van der Waals surface area contributed by atoms with Crippen molar-refractivity contribution in [3.63, 3.8) is 0 Å². The van der Waals surface area contributed by atoms with Crippen LogP contribution >= 0.6 is 11.3 Å². The minimum Gasteiger partial charge on any atom is -0.336 e. The van der Waals surface area contributed by atoms with Crippen molar-refractivity contribution in [2.24, 2.45) is 5.92 Å². The highest BCUT2D eigenvalue weighted by Gasteiger charge is 2.38. The van der Waals surface area contributed by atoms with Crippen molar-refractivity contribution >= 4 is 17.4 Å². The van der Waals surface area contributed by atoms with Gasteiger partial charge in [0.15, 0.2) is 0 Å². The summed E-state index contributed by atoms with van der Waals surface area (Å²) in [7, 11) is 0. The lowest BCUT2D eigenvalue weighted by molar-refractivity contribution is 0.130. The van der Waals surface area contributed by atoms with E-state index in [1.165, 1.54) is 4.88 Å². The van der Waals surface area contributed by atoms with Gasteiger partial charge in [0.2, 0.25) is 0 Å². The minimum absolute atomic E-state index is 0.00843. The van der Waals surface area contributed by atoms with Crippen molar-refractivity contribution in [1.29, 1.82) is 0 Å². The molecule has 2 aliphatic rings.